The molecular weight excluding hydrogens is 204 g/mol. The largest absolute Gasteiger partial charge is 0.481 e. The maximum atomic E-state index is 11.7. The summed E-state index contributed by atoms with van der Waals surface area (Å²) in [6, 6.07) is 7.07. The topological polar surface area (TPSA) is 44.1 Å². The third-order valence-electron chi connectivity index (χ3n) is 2.46. The van der Waals surface area contributed by atoms with E-state index in [9.17, 15) is 4.79 Å². The number of methoxy groups -OCH3 is 1. The average molecular weight is 218 g/mol. The van der Waals surface area contributed by atoms with Crippen LogP contribution < -0.4 is 10.3 Å². The van der Waals surface area contributed by atoms with Gasteiger partial charge in [-0.2, -0.15) is 4.98 Å². The molecule has 0 saturated heterocycles. The summed E-state index contributed by atoms with van der Waals surface area (Å²) in [6.07, 6.45) is 0.901. The van der Waals surface area contributed by atoms with E-state index < -0.39 is 0 Å². The lowest BCUT2D eigenvalue weighted by molar-refractivity contribution is 0.398. The number of fused-ring (bicyclic) bond motifs is 1. The SMILES string of the molecule is CCCn1c(=O)ccc2ccc(OC)nc21. The Balaban J connectivity index is 2.72. The Bertz CT molecular complexity index is 560. The van der Waals surface area contributed by atoms with Gasteiger partial charge in [0.2, 0.25) is 5.88 Å². The Morgan fingerprint density at radius 2 is 2.06 bits per heavy atom. The van der Waals surface area contributed by atoms with Crippen molar-refractivity contribution in [2.45, 2.75) is 19.9 Å². The van der Waals surface area contributed by atoms with Crippen molar-refractivity contribution < 1.29 is 4.74 Å². The minimum atomic E-state index is -0.0184. The summed E-state index contributed by atoms with van der Waals surface area (Å²) in [5.74, 6) is 0.531. The van der Waals surface area contributed by atoms with Crippen LogP contribution in [-0.2, 0) is 6.54 Å². The van der Waals surface area contributed by atoms with Gasteiger partial charge in [-0.1, -0.05) is 6.92 Å². The zero-order valence-electron chi connectivity index (χ0n) is 9.43. The number of ether oxygens (including phenoxy) is 1. The van der Waals surface area contributed by atoms with E-state index in [1.807, 2.05) is 13.0 Å². The Kier molecular flexibility index (Phi) is 2.90. The second kappa shape index (κ2) is 4.35. The van der Waals surface area contributed by atoms with Gasteiger partial charge < -0.3 is 4.74 Å². The van der Waals surface area contributed by atoms with Crippen LogP contribution in [0.2, 0.25) is 0 Å². The van der Waals surface area contributed by atoms with Crippen LogP contribution in [0.5, 0.6) is 5.88 Å². The molecule has 0 atom stereocenters. The predicted octanol–water partition coefficient (Wildman–Crippen LogP) is 1.82. The lowest BCUT2D eigenvalue weighted by Gasteiger charge is -2.08. The molecule has 0 amide bonds. The standard InChI is InChI=1S/C12H14N2O2/c1-3-8-14-11(15)7-5-9-4-6-10(16-2)13-12(9)14/h4-7H,3,8H2,1-2H3. The van der Waals surface area contributed by atoms with Gasteiger partial charge in [0.1, 0.15) is 5.65 Å². The molecule has 2 rings (SSSR count). The van der Waals surface area contributed by atoms with E-state index in [2.05, 4.69) is 4.98 Å². The highest BCUT2D eigenvalue weighted by Crippen LogP contribution is 2.14. The van der Waals surface area contributed by atoms with Gasteiger partial charge >= 0.3 is 0 Å². The van der Waals surface area contributed by atoms with E-state index in [0.29, 0.717) is 18.1 Å². The average Bonchev–Trinajstić information content (AvgIpc) is 2.32. The molecule has 0 aliphatic carbocycles. The highest BCUT2D eigenvalue weighted by molar-refractivity contribution is 5.75. The first-order valence-electron chi connectivity index (χ1n) is 5.31. The van der Waals surface area contributed by atoms with E-state index in [1.165, 1.54) is 0 Å². The van der Waals surface area contributed by atoms with E-state index >= 15 is 0 Å². The lowest BCUT2D eigenvalue weighted by atomic mass is 10.3. The predicted molar refractivity (Wildman–Crippen MR) is 62.8 cm³/mol. The van der Waals surface area contributed by atoms with Crippen molar-refractivity contribution in [1.82, 2.24) is 9.55 Å². The van der Waals surface area contributed by atoms with Crippen LogP contribution >= 0.6 is 0 Å². The van der Waals surface area contributed by atoms with Crippen LogP contribution in [0, 0.1) is 0 Å². The molecule has 0 bridgehead atoms. The Hall–Kier alpha value is -1.84. The van der Waals surface area contributed by atoms with Crippen LogP contribution in [0.25, 0.3) is 11.0 Å². The summed E-state index contributed by atoms with van der Waals surface area (Å²) >= 11 is 0. The quantitative estimate of drug-likeness (QED) is 0.789. The molecule has 0 fully saturated rings. The molecule has 0 aromatic carbocycles. The Labute approximate surface area is 93.5 Å². The maximum absolute atomic E-state index is 11.7. The summed E-state index contributed by atoms with van der Waals surface area (Å²) in [7, 11) is 1.57. The van der Waals surface area contributed by atoms with Gasteiger partial charge in [-0.05, 0) is 18.6 Å². The summed E-state index contributed by atoms with van der Waals surface area (Å²) in [5, 5.41) is 0.953. The first-order chi connectivity index (χ1) is 7.76. The Morgan fingerprint density at radius 1 is 1.31 bits per heavy atom. The minimum absolute atomic E-state index is 0.0184. The number of pyridine rings is 2. The highest BCUT2D eigenvalue weighted by Gasteiger charge is 2.04. The van der Waals surface area contributed by atoms with Gasteiger partial charge in [-0.15, -0.1) is 0 Å². The molecule has 4 heteroatoms. The van der Waals surface area contributed by atoms with Crippen molar-refractivity contribution in [3.8, 4) is 5.88 Å². The lowest BCUT2D eigenvalue weighted by Crippen LogP contribution is -2.19. The van der Waals surface area contributed by atoms with Crippen LogP contribution in [0.15, 0.2) is 29.1 Å². The highest BCUT2D eigenvalue weighted by atomic mass is 16.5. The molecular formula is C12H14N2O2. The third kappa shape index (κ3) is 1.78. The van der Waals surface area contributed by atoms with Crippen molar-refractivity contribution in [3.05, 3.63) is 34.6 Å². The summed E-state index contributed by atoms with van der Waals surface area (Å²) in [6.45, 7) is 2.71. The van der Waals surface area contributed by atoms with Crippen molar-refractivity contribution in [2.75, 3.05) is 7.11 Å². The van der Waals surface area contributed by atoms with Crippen molar-refractivity contribution in [3.63, 3.8) is 0 Å². The fraction of sp³-hybridized carbons (Fsp3) is 0.333. The van der Waals surface area contributed by atoms with Gasteiger partial charge in [0.25, 0.3) is 5.56 Å². The number of aryl methyl sites for hydroxylation is 1. The van der Waals surface area contributed by atoms with E-state index in [1.54, 1.807) is 29.9 Å². The molecule has 16 heavy (non-hydrogen) atoms. The third-order valence-corrected chi connectivity index (χ3v) is 2.46. The minimum Gasteiger partial charge on any atom is -0.481 e. The van der Waals surface area contributed by atoms with Gasteiger partial charge in [0.05, 0.1) is 7.11 Å². The number of hydrogen-bond donors (Lipinski definition) is 0. The van der Waals surface area contributed by atoms with Crippen LogP contribution in [0.3, 0.4) is 0 Å². The molecule has 0 radical (unpaired) electrons. The Morgan fingerprint density at radius 3 is 2.75 bits per heavy atom. The van der Waals surface area contributed by atoms with Crippen molar-refractivity contribution in [2.24, 2.45) is 0 Å². The zero-order chi connectivity index (χ0) is 11.5. The molecule has 2 heterocycles. The molecule has 0 spiro atoms. The normalized spacial score (nSPS) is 10.6. The molecule has 0 N–H and O–H groups in total. The molecule has 0 unspecified atom stereocenters. The van der Waals surface area contributed by atoms with E-state index in [-0.39, 0.29) is 5.56 Å². The number of rotatable bonds is 3. The second-order valence-corrected chi connectivity index (χ2v) is 3.59. The molecule has 4 nitrogen and oxygen atoms in total. The first-order valence-corrected chi connectivity index (χ1v) is 5.31. The summed E-state index contributed by atoms with van der Waals surface area (Å²) in [5.41, 5.74) is 0.670. The fourth-order valence-electron chi connectivity index (χ4n) is 1.70. The number of hydrogen-bond acceptors (Lipinski definition) is 3. The van der Waals surface area contributed by atoms with Gasteiger partial charge in [0.15, 0.2) is 0 Å². The van der Waals surface area contributed by atoms with Gasteiger partial charge in [-0.25, -0.2) is 0 Å². The number of aromatic nitrogens is 2. The summed E-state index contributed by atoms with van der Waals surface area (Å²) < 4.78 is 6.75. The van der Waals surface area contributed by atoms with Crippen molar-refractivity contribution in [1.29, 1.82) is 0 Å². The molecule has 0 aliphatic heterocycles. The van der Waals surface area contributed by atoms with E-state index in [4.69, 9.17) is 4.74 Å². The maximum Gasteiger partial charge on any atom is 0.252 e. The summed E-state index contributed by atoms with van der Waals surface area (Å²) in [4.78, 5) is 16.0. The number of nitrogens with zero attached hydrogens (tertiary/aromatic N) is 2. The van der Waals surface area contributed by atoms with Gasteiger partial charge in [0, 0.05) is 24.1 Å². The van der Waals surface area contributed by atoms with Crippen molar-refractivity contribution >= 4 is 11.0 Å². The van der Waals surface area contributed by atoms with Gasteiger partial charge in [-0.3, -0.25) is 9.36 Å². The van der Waals surface area contributed by atoms with Crippen LogP contribution in [-0.4, -0.2) is 16.7 Å². The second-order valence-electron chi connectivity index (χ2n) is 3.59. The van der Waals surface area contributed by atoms with E-state index in [0.717, 1.165) is 11.8 Å². The molecule has 2 aromatic heterocycles. The monoisotopic (exact) mass is 218 g/mol. The first kappa shape index (κ1) is 10.7. The molecule has 0 aliphatic rings. The molecule has 0 saturated carbocycles. The molecule has 84 valence electrons. The fourth-order valence-corrected chi connectivity index (χ4v) is 1.70. The molecule has 2 aromatic rings. The van der Waals surface area contributed by atoms with Crippen LogP contribution in [0.4, 0.5) is 0 Å². The smallest absolute Gasteiger partial charge is 0.252 e. The zero-order valence-corrected chi connectivity index (χ0v) is 9.43. The van der Waals surface area contributed by atoms with Crippen LogP contribution in [0.1, 0.15) is 13.3 Å².